The highest BCUT2D eigenvalue weighted by atomic mass is 16.5. The number of rotatable bonds is 7. The summed E-state index contributed by atoms with van der Waals surface area (Å²) in [5, 5.41) is 2.92. The van der Waals surface area contributed by atoms with Crippen molar-refractivity contribution in [3.63, 3.8) is 0 Å². The van der Waals surface area contributed by atoms with Gasteiger partial charge in [-0.15, -0.1) is 0 Å². The van der Waals surface area contributed by atoms with Crippen LogP contribution in [0.2, 0.25) is 0 Å². The van der Waals surface area contributed by atoms with Crippen LogP contribution in [0.4, 0.5) is 4.79 Å². The summed E-state index contributed by atoms with van der Waals surface area (Å²) in [7, 11) is 1.59. The van der Waals surface area contributed by atoms with Crippen LogP contribution in [0.3, 0.4) is 0 Å². The van der Waals surface area contributed by atoms with Gasteiger partial charge in [0.2, 0.25) is 0 Å². The molecule has 0 saturated heterocycles. The number of carbonyl (C=O) groups is 3. The average Bonchev–Trinajstić information content (AvgIpc) is 2.75. The lowest BCUT2D eigenvalue weighted by molar-refractivity contribution is -0.139. The third-order valence-corrected chi connectivity index (χ3v) is 5.44. The topological polar surface area (TPSA) is 84.9 Å². The maximum atomic E-state index is 13.0. The molecule has 0 aromatic heterocycles. The minimum absolute atomic E-state index is 0.0150. The minimum atomic E-state index is -0.656. The van der Waals surface area contributed by atoms with Crippen LogP contribution in [0, 0.1) is 13.8 Å². The van der Waals surface area contributed by atoms with Gasteiger partial charge in [0.25, 0.3) is 0 Å². The van der Waals surface area contributed by atoms with E-state index in [4.69, 9.17) is 9.47 Å². The molecular weight excluding hydrogens is 408 g/mol. The SMILES string of the molecule is CCOC(=O)C1=C(COc2ccc(C(C)=O)cc2)N(C)C(=O)N[C@H]1c1ccc(C)cc1C. The van der Waals surface area contributed by atoms with E-state index in [9.17, 15) is 14.4 Å². The monoisotopic (exact) mass is 436 g/mol. The largest absolute Gasteiger partial charge is 0.487 e. The first-order chi connectivity index (χ1) is 15.2. The number of ether oxygens (including phenoxy) is 2. The Morgan fingerprint density at radius 2 is 1.78 bits per heavy atom. The Morgan fingerprint density at radius 3 is 2.38 bits per heavy atom. The molecule has 1 aliphatic heterocycles. The van der Waals surface area contributed by atoms with Crippen LogP contribution >= 0.6 is 0 Å². The molecule has 168 valence electrons. The first-order valence-electron chi connectivity index (χ1n) is 10.5. The Kier molecular flexibility index (Phi) is 6.98. The Hall–Kier alpha value is -3.61. The van der Waals surface area contributed by atoms with Crippen LogP contribution in [0.1, 0.15) is 46.9 Å². The van der Waals surface area contributed by atoms with Gasteiger partial charge in [0, 0.05) is 12.6 Å². The van der Waals surface area contributed by atoms with Gasteiger partial charge in [0.05, 0.1) is 23.9 Å². The molecule has 0 radical (unpaired) electrons. The van der Waals surface area contributed by atoms with Crippen LogP contribution < -0.4 is 10.1 Å². The number of benzene rings is 2. The van der Waals surface area contributed by atoms with Gasteiger partial charge in [-0.3, -0.25) is 9.69 Å². The van der Waals surface area contributed by atoms with E-state index in [0.29, 0.717) is 22.6 Å². The van der Waals surface area contributed by atoms with Gasteiger partial charge in [0.1, 0.15) is 12.4 Å². The van der Waals surface area contributed by atoms with Crippen molar-refractivity contribution in [3.8, 4) is 5.75 Å². The summed E-state index contributed by atoms with van der Waals surface area (Å²) >= 11 is 0. The van der Waals surface area contributed by atoms with Crippen molar-refractivity contribution >= 4 is 17.8 Å². The molecule has 1 heterocycles. The first kappa shape index (κ1) is 23.1. The predicted octanol–water partition coefficient (Wildman–Crippen LogP) is 4.10. The molecule has 7 nitrogen and oxygen atoms in total. The van der Waals surface area contributed by atoms with Crippen molar-refractivity contribution < 1.29 is 23.9 Å². The summed E-state index contributed by atoms with van der Waals surface area (Å²) in [4.78, 5) is 38.6. The van der Waals surface area contributed by atoms with Gasteiger partial charge >= 0.3 is 12.0 Å². The highest BCUT2D eigenvalue weighted by molar-refractivity contribution is 5.95. The maximum absolute atomic E-state index is 13.0. The van der Waals surface area contributed by atoms with Crippen LogP contribution in [0.25, 0.3) is 0 Å². The normalized spacial score (nSPS) is 16.0. The van der Waals surface area contributed by atoms with Crippen LogP contribution in [0.5, 0.6) is 5.75 Å². The lowest BCUT2D eigenvalue weighted by atomic mass is 9.91. The van der Waals surface area contributed by atoms with Crippen molar-refractivity contribution in [3.05, 3.63) is 76.0 Å². The second-order valence-electron chi connectivity index (χ2n) is 7.75. The number of hydrogen-bond donors (Lipinski definition) is 1. The summed E-state index contributed by atoms with van der Waals surface area (Å²) in [5.41, 5.74) is 4.21. The Balaban J connectivity index is 2.02. The zero-order valence-corrected chi connectivity index (χ0v) is 19.0. The van der Waals surface area contributed by atoms with Crippen molar-refractivity contribution in [2.45, 2.75) is 33.7 Å². The lowest BCUT2D eigenvalue weighted by Crippen LogP contribution is -2.48. The second kappa shape index (κ2) is 9.68. The van der Waals surface area contributed by atoms with E-state index < -0.39 is 12.0 Å². The number of carbonyl (C=O) groups excluding carboxylic acids is 3. The number of ketones is 1. The summed E-state index contributed by atoms with van der Waals surface area (Å²) in [5.74, 6) is -0.0214. The molecule has 1 N–H and O–H groups in total. The quantitative estimate of drug-likeness (QED) is 0.522. The van der Waals surface area contributed by atoms with Crippen molar-refractivity contribution in [2.24, 2.45) is 0 Å². The number of likely N-dealkylation sites (N-methyl/N-ethyl adjacent to an activating group) is 1. The van der Waals surface area contributed by atoms with Crippen LogP contribution in [-0.2, 0) is 9.53 Å². The maximum Gasteiger partial charge on any atom is 0.338 e. The third-order valence-electron chi connectivity index (χ3n) is 5.44. The number of nitrogens with zero attached hydrogens (tertiary/aromatic N) is 1. The summed E-state index contributed by atoms with van der Waals surface area (Å²) in [6.45, 7) is 7.36. The van der Waals surface area contributed by atoms with E-state index in [1.165, 1.54) is 11.8 Å². The molecule has 1 atom stereocenters. The molecule has 2 amide bonds. The van der Waals surface area contributed by atoms with E-state index in [1.54, 1.807) is 38.2 Å². The van der Waals surface area contributed by atoms with Gasteiger partial charge in [-0.05, 0) is 63.1 Å². The molecule has 7 heteroatoms. The van der Waals surface area contributed by atoms with Gasteiger partial charge < -0.3 is 14.8 Å². The van der Waals surface area contributed by atoms with E-state index in [2.05, 4.69) is 5.32 Å². The van der Waals surface area contributed by atoms with E-state index in [1.807, 2.05) is 32.0 Å². The number of aryl methyl sites for hydroxylation is 2. The Bertz CT molecular complexity index is 1070. The number of esters is 1. The fraction of sp³-hybridized carbons (Fsp3) is 0.320. The molecular formula is C25H28N2O5. The van der Waals surface area contributed by atoms with Crippen LogP contribution in [-0.4, -0.2) is 42.9 Å². The zero-order chi connectivity index (χ0) is 23.4. The van der Waals surface area contributed by atoms with Crippen molar-refractivity contribution in [2.75, 3.05) is 20.3 Å². The van der Waals surface area contributed by atoms with E-state index in [-0.39, 0.29) is 25.0 Å². The molecule has 0 fully saturated rings. The molecule has 0 spiro atoms. The molecule has 0 unspecified atom stereocenters. The highest BCUT2D eigenvalue weighted by Crippen LogP contribution is 2.33. The second-order valence-corrected chi connectivity index (χ2v) is 7.75. The van der Waals surface area contributed by atoms with Crippen molar-refractivity contribution in [1.29, 1.82) is 0 Å². The fourth-order valence-electron chi connectivity index (χ4n) is 3.70. The predicted molar refractivity (Wildman–Crippen MR) is 121 cm³/mol. The smallest absolute Gasteiger partial charge is 0.338 e. The lowest BCUT2D eigenvalue weighted by Gasteiger charge is -2.35. The van der Waals surface area contributed by atoms with Crippen molar-refractivity contribution in [1.82, 2.24) is 10.2 Å². The van der Waals surface area contributed by atoms with Crippen LogP contribution in [0.15, 0.2) is 53.7 Å². The van der Waals surface area contributed by atoms with Gasteiger partial charge in [-0.25, -0.2) is 9.59 Å². The average molecular weight is 437 g/mol. The zero-order valence-electron chi connectivity index (χ0n) is 19.0. The Morgan fingerprint density at radius 1 is 1.09 bits per heavy atom. The molecule has 2 aromatic rings. The molecule has 1 aliphatic rings. The van der Waals surface area contributed by atoms with Gasteiger partial charge in [-0.2, -0.15) is 0 Å². The van der Waals surface area contributed by atoms with E-state index in [0.717, 1.165) is 16.7 Å². The molecule has 0 saturated carbocycles. The first-order valence-corrected chi connectivity index (χ1v) is 10.5. The molecule has 32 heavy (non-hydrogen) atoms. The number of urea groups is 1. The highest BCUT2D eigenvalue weighted by Gasteiger charge is 2.37. The summed E-state index contributed by atoms with van der Waals surface area (Å²) in [6.07, 6.45) is 0. The van der Waals surface area contributed by atoms with Gasteiger partial charge in [0.15, 0.2) is 5.78 Å². The standard InChI is InChI=1S/C25H28N2O5/c1-6-31-24(29)22-21(14-32-19-10-8-18(9-11-19)17(4)28)27(5)25(30)26-23(22)20-12-7-15(2)13-16(20)3/h7-13,23H,6,14H2,1-5H3,(H,26,30)/t23-/m0/s1. The number of amides is 2. The number of Topliss-reactive ketones (excluding diaryl/α,β-unsaturated/α-hetero) is 1. The molecule has 0 bridgehead atoms. The number of hydrogen-bond acceptors (Lipinski definition) is 5. The number of nitrogens with one attached hydrogen (secondary N) is 1. The fourth-order valence-corrected chi connectivity index (χ4v) is 3.70. The molecule has 3 rings (SSSR count). The molecule has 2 aromatic carbocycles. The van der Waals surface area contributed by atoms with E-state index >= 15 is 0 Å². The molecule has 0 aliphatic carbocycles. The summed E-state index contributed by atoms with van der Waals surface area (Å²) < 4.78 is 11.2. The third kappa shape index (κ3) is 4.82. The van der Waals surface area contributed by atoms with Gasteiger partial charge in [-0.1, -0.05) is 23.8 Å². The summed E-state index contributed by atoms with van der Waals surface area (Å²) in [6, 6.07) is 11.6. The Labute approximate surface area is 188 Å². The minimum Gasteiger partial charge on any atom is -0.487 e.